The molecule has 1 unspecified atom stereocenters. The molecule has 0 bridgehead atoms. The van der Waals surface area contributed by atoms with E-state index in [4.69, 9.17) is 0 Å². The zero-order valence-corrected chi connectivity index (χ0v) is 8.60. The summed E-state index contributed by atoms with van der Waals surface area (Å²) in [6.07, 6.45) is 7.24. The molecular formula is C10H24N2+2. The third kappa shape index (κ3) is 2.46. The minimum absolute atomic E-state index is 0.744. The molecular weight excluding hydrogens is 148 g/mol. The summed E-state index contributed by atoms with van der Waals surface area (Å²) in [5.74, 6) is 0. The monoisotopic (exact) mass is 172 g/mol. The van der Waals surface area contributed by atoms with E-state index in [0.717, 1.165) is 18.6 Å². The Kier molecular flexibility index (Phi) is 4.02. The van der Waals surface area contributed by atoms with Gasteiger partial charge < -0.3 is 10.6 Å². The van der Waals surface area contributed by atoms with Crippen molar-refractivity contribution in [1.29, 1.82) is 0 Å². The van der Waals surface area contributed by atoms with E-state index in [9.17, 15) is 0 Å². The van der Waals surface area contributed by atoms with E-state index in [-0.39, 0.29) is 0 Å². The summed E-state index contributed by atoms with van der Waals surface area (Å²) < 4.78 is 0. The Morgan fingerprint density at radius 3 is 2.42 bits per heavy atom. The van der Waals surface area contributed by atoms with E-state index in [0.29, 0.717) is 0 Å². The first-order valence-electron chi connectivity index (χ1n) is 5.38. The zero-order chi connectivity index (χ0) is 8.97. The summed E-state index contributed by atoms with van der Waals surface area (Å²) in [5.41, 5.74) is 3.98. The molecule has 1 aliphatic rings. The number of quaternary nitrogens is 2. The summed E-state index contributed by atoms with van der Waals surface area (Å²) >= 11 is 0. The Morgan fingerprint density at radius 2 is 1.92 bits per heavy atom. The largest absolute Gasteiger partial charge is 0.353 e. The van der Waals surface area contributed by atoms with Crippen LogP contribution in [0.25, 0.3) is 0 Å². The normalized spacial score (nSPS) is 25.2. The van der Waals surface area contributed by atoms with Crippen molar-refractivity contribution < 1.29 is 10.6 Å². The highest BCUT2D eigenvalue weighted by Gasteiger charge is 2.25. The lowest BCUT2D eigenvalue weighted by molar-refractivity contribution is -0.935. The van der Waals surface area contributed by atoms with Crippen LogP contribution in [0.1, 0.15) is 39.0 Å². The van der Waals surface area contributed by atoms with Crippen LogP contribution in [0.4, 0.5) is 0 Å². The highest BCUT2D eigenvalue weighted by molar-refractivity contribution is 4.64. The molecule has 2 nitrogen and oxygen atoms in total. The van der Waals surface area contributed by atoms with E-state index in [1.54, 1.807) is 4.90 Å². The van der Waals surface area contributed by atoms with Gasteiger partial charge >= 0.3 is 0 Å². The molecule has 0 spiro atoms. The highest BCUT2D eigenvalue weighted by atomic mass is 15.2. The molecule has 12 heavy (non-hydrogen) atoms. The van der Waals surface area contributed by atoms with Gasteiger partial charge in [-0.15, -0.1) is 0 Å². The van der Waals surface area contributed by atoms with Crippen LogP contribution >= 0.6 is 0 Å². The maximum Gasteiger partial charge on any atom is 0.134 e. The van der Waals surface area contributed by atoms with Gasteiger partial charge in [0.2, 0.25) is 0 Å². The molecule has 1 rings (SSSR count). The van der Waals surface area contributed by atoms with E-state index in [1.807, 2.05) is 0 Å². The van der Waals surface area contributed by atoms with Crippen molar-refractivity contribution in [2.75, 3.05) is 13.6 Å². The molecule has 0 radical (unpaired) electrons. The standard InChI is InChI=1S/C10H22N2/c1-9(8-11)12(2)10-6-4-3-5-7-10/h9-10H,3-8,11H2,1-2H3/p+2/t9-/m1/s1. The van der Waals surface area contributed by atoms with Gasteiger partial charge in [-0.3, -0.25) is 0 Å². The molecule has 4 N–H and O–H groups in total. The van der Waals surface area contributed by atoms with Crippen LogP contribution in [-0.4, -0.2) is 25.7 Å². The summed E-state index contributed by atoms with van der Waals surface area (Å²) in [6, 6.07) is 1.67. The van der Waals surface area contributed by atoms with E-state index < -0.39 is 0 Å². The molecule has 0 aromatic rings. The number of rotatable bonds is 3. The fourth-order valence-electron chi connectivity index (χ4n) is 2.19. The van der Waals surface area contributed by atoms with Gasteiger partial charge in [0.15, 0.2) is 0 Å². The number of hydrogen-bond acceptors (Lipinski definition) is 0. The van der Waals surface area contributed by atoms with Crippen molar-refractivity contribution in [3.05, 3.63) is 0 Å². The van der Waals surface area contributed by atoms with Gasteiger partial charge in [0, 0.05) is 0 Å². The van der Waals surface area contributed by atoms with E-state index in [1.165, 1.54) is 32.1 Å². The number of likely N-dealkylation sites (N-methyl/N-ethyl adjacent to an activating group) is 1. The topological polar surface area (TPSA) is 32.1 Å². The van der Waals surface area contributed by atoms with Crippen LogP contribution in [0.3, 0.4) is 0 Å². The Bertz CT molecular complexity index is 119. The molecule has 0 aromatic heterocycles. The SMILES string of the molecule is C[C@H](C[NH3+])[NH+](C)C1CCCCC1. The zero-order valence-electron chi connectivity index (χ0n) is 8.60. The van der Waals surface area contributed by atoms with Gasteiger partial charge in [0.25, 0.3) is 0 Å². The third-order valence-corrected chi connectivity index (χ3v) is 3.46. The van der Waals surface area contributed by atoms with Crippen LogP contribution in [0.5, 0.6) is 0 Å². The smallest absolute Gasteiger partial charge is 0.134 e. The van der Waals surface area contributed by atoms with Crippen LogP contribution in [0, 0.1) is 0 Å². The van der Waals surface area contributed by atoms with Gasteiger partial charge in [-0.1, -0.05) is 6.42 Å². The molecule has 1 fully saturated rings. The van der Waals surface area contributed by atoms with Gasteiger partial charge in [-0.2, -0.15) is 0 Å². The maximum atomic E-state index is 3.98. The second-order valence-electron chi connectivity index (χ2n) is 4.27. The summed E-state index contributed by atoms with van der Waals surface area (Å²) in [6.45, 7) is 3.39. The lowest BCUT2D eigenvalue weighted by Crippen LogP contribution is -3.17. The molecule has 72 valence electrons. The predicted octanol–water partition coefficient (Wildman–Crippen LogP) is -0.536. The lowest BCUT2D eigenvalue weighted by atomic mass is 9.94. The lowest BCUT2D eigenvalue weighted by Gasteiger charge is -2.31. The fraction of sp³-hybridized carbons (Fsp3) is 1.00. The van der Waals surface area contributed by atoms with Crippen LogP contribution in [0.2, 0.25) is 0 Å². The van der Waals surface area contributed by atoms with Crippen LogP contribution in [-0.2, 0) is 0 Å². The van der Waals surface area contributed by atoms with Crippen molar-refractivity contribution in [3.8, 4) is 0 Å². The molecule has 0 heterocycles. The summed E-state index contributed by atoms with van der Waals surface area (Å²) in [5, 5.41) is 0. The van der Waals surface area contributed by atoms with E-state index in [2.05, 4.69) is 19.7 Å². The number of hydrogen-bond donors (Lipinski definition) is 2. The van der Waals surface area contributed by atoms with E-state index >= 15 is 0 Å². The van der Waals surface area contributed by atoms with Gasteiger partial charge in [-0.25, -0.2) is 0 Å². The molecule has 1 saturated carbocycles. The van der Waals surface area contributed by atoms with Crippen molar-refractivity contribution in [2.24, 2.45) is 0 Å². The number of nitrogens with one attached hydrogen (secondary N) is 1. The first-order valence-corrected chi connectivity index (χ1v) is 5.38. The second kappa shape index (κ2) is 4.83. The molecule has 2 atom stereocenters. The van der Waals surface area contributed by atoms with Crippen molar-refractivity contribution in [1.82, 2.24) is 0 Å². The van der Waals surface area contributed by atoms with Gasteiger partial charge in [-0.05, 0) is 32.6 Å². The quantitative estimate of drug-likeness (QED) is 0.573. The summed E-state index contributed by atoms with van der Waals surface area (Å²) in [7, 11) is 2.34. The Hall–Kier alpha value is -0.0800. The van der Waals surface area contributed by atoms with Crippen molar-refractivity contribution in [2.45, 2.75) is 51.1 Å². The molecule has 0 aromatic carbocycles. The Labute approximate surface area is 76.1 Å². The van der Waals surface area contributed by atoms with Gasteiger partial charge in [0.05, 0.1) is 13.1 Å². The van der Waals surface area contributed by atoms with Crippen molar-refractivity contribution in [3.63, 3.8) is 0 Å². The van der Waals surface area contributed by atoms with Crippen LogP contribution in [0.15, 0.2) is 0 Å². The maximum absolute atomic E-state index is 3.98. The minimum Gasteiger partial charge on any atom is -0.353 e. The molecule has 1 aliphatic carbocycles. The second-order valence-corrected chi connectivity index (χ2v) is 4.27. The summed E-state index contributed by atoms with van der Waals surface area (Å²) in [4.78, 5) is 1.71. The first-order chi connectivity index (χ1) is 5.75. The minimum atomic E-state index is 0.744. The Balaban J connectivity index is 2.33. The van der Waals surface area contributed by atoms with Gasteiger partial charge in [0.1, 0.15) is 12.6 Å². The van der Waals surface area contributed by atoms with Crippen LogP contribution < -0.4 is 10.6 Å². The average molecular weight is 172 g/mol. The molecule has 0 amide bonds. The molecule has 2 heteroatoms. The fourth-order valence-corrected chi connectivity index (χ4v) is 2.19. The predicted molar refractivity (Wildman–Crippen MR) is 51.0 cm³/mol. The first kappa shape index (κ1) is 10.0. The average Bonchev–Trinajstić information content (AvgIpc) is 2.17. The van der Waals surface area contributed by atoms with Crippen molar-refractivity contribution >= 4 is 0 Å². The molecule has 0 saturated heterocycles. The third-order valence-electron chi connectivity index (χ3n) is 3.46. The Morgan fingerprint density at radius 1 is 1.33 bits per heavy atom. The highest BCUT2D eigenvalue weighted by Crippen LogP contribution is 2.15. The molecule has 0 aliphatic heterocycles.